The average molecular weight is 967 g/mol. The lowest BCUT2D eigenvalue weighted by Crippen LogP contribution is -2.63. The van der Waals surface area contributed by atoms with Crippen molar-refractivity contribution in [2.24, 2.45) is 5.92 Å². The first-order valence-electron chi connectivity index (χ1n) is 25.1. The molecule has 0 bridgehead atoms. The molecule has 11 atom stereocenters. The Morgan fingerprint density at radius 1 is 0.634 bits per heavy atom. The minimum atomic E-state index is -1.10. The first-order valence-corrected chi connectivity index (χ1v) is 25.1. The minimum absolute atomic E-state index is 0.0548. The summed E-state index contributed by atoms with van der Waals surface area (Å²) in [6, 6.07) is 50.7. The highest BCUT2D eigenvalue weighted by atomic mass is 16.6. The van der Waals surface area contributed by atoms with Gasteiger partial charge in [0.2, 0.25) is 0 Å². The summed E-state index contributed by atoms with van der Waals surface area (Å²) in [6.07, 6.45) is 5.71. The number of methoxy groups -OCH3 is 1. The monoisotopic (exact) mass is 966 g/mol. The molecule has 2 fully saturated rings. The number of esters is 1. The van der Waals surface area contributed by atoms with Gasteiger partial charge in [-0.15, -0.1) is 0 Å². The number of carbonyl (C=O) groups is 1. The van der Waals surface area contributed by atoms with Gasteiger partial charge in [0.05, 0.1) is 96.2 Å². The molecule has 71 heavy (non-hydrogen) atoms. The number of rotatable bonds is 23. The van der Waals surface area contributed by atoms with E-state index < -0.39 is 36.0 Å². The van der Waals surface area contributed by atoms with Crippen molar-refractivity contribution in [3.63, 3.8) is 0 Å². The van der Waals surface area contributed by atoms with Crippen molar-refractivity contribution in [1.82, 2.24) is 0 Å². The number of benzene rings is 5. The van der Waals surface area contributed by atoms with Crippen molar-refractivity contribution in [2.75, 3.05) is 20.3 Å². The highest BCUT2D eigenvalue weighted by molar-refractivity contribution is 5.81. The molecular weight excluding hydrogens is 897 g/mol. The first kappa shape index (κ1) is 51.9. The van der Waals surface area contributed by atoms with E-state index in [0.29, 0.717) is 58.9 Å². The Kier molecular flexibility index (Phi) is 19.6. The Morgan fingerprint density at radius 3 is 1.69 bits per heavy atom. The molecular formula is C60H70O11. The van der Waals surface area contributed by atoms with Crippen molar-refractivity contribution in [3.8, 4) is 0 Å². The molecule has 11 heteroatoms. The second-order valence-electron chi connectivity index (χ2n) is 18.9. The Labute approximate surface area is 420 Å². The van der Waals surface area contributed by atoms with Crippen LogP contribution in [0.1, 0.15) is 67.3 Å². The second kappa shape index (κ2) is 26.8. The number of hydrogen-bond acceptors (Lipinski definition) is 11. The maximum atomic E-state index is 12.4. The van der Waals surface area contributed by atoms with E-state index in [2.05, 4.69) is 55.5 Å². The number of ether oxygens (including phenoxy) is 10. The summed E-state index contributed by atoms with van der Waals surface area (Å²) in [7, 11) is 1.34. The highest BCUT2D eigenvalue weighted by Gasteiger charge is 2.54. The van der Waals surface area contributed by atoms with E-state index >= 15 is 0 Å². The van der Waals surface area contributed by atoms with Crippen molar-refractivity contribution >= 4 is 5.97 Å². The zero-order chi connectivity index (χ0) is 49.1. The van der Waals surface area contributed by atoms with Crippen LogP contribution in [-0.4, -0.2) is 86.8 Å². The van der Waals surface area contributed by atoms with Crippen LogP contribution in [0.4, 0.5) is 0 Å². The fourth-order valence-electron chi connectivity index (χ4n) is 9.66. The van der Waals surface area contributed by atoms with E-state index in [9.17, 15) is 4.79 Å². The smallest absolute Gasteiger partial charge is 0.333 e. The van der Waals surface area contributed by atoms with Gasteiger partial charge in [-0.25, -0.2) is 4.79 Å². The maximum Gasteiger partial charge on any atom is 0.333 e. The van der Waals surface area contributed by atoms with Gasteiger partial charge >= 0.3 is 5.97 Å². The topological polar surface area (TPSA) is 109 Å². The van der Waals surface area contributed by atoms with Gasteiger partial charge in [0, 0.05) is 12.8 Å². The van der Waals surface area contributed by atoms with Crippen LogP contribution in [0.25, 0.3) is 0 Å². The Bertz CT molecular complexity index is 2350. The Balaban J connectivity index is 1.05. The lowest BCUT2D eigenvalue weighted by atomic mass is 9.79. The van der Waals surface area contributed by atoms with E-state index in [1.807, 2.05) is 122 Å². The lowest BCUT2D eigenvalue weighted by Gasteiger charge is -2.51. The van der Waals surface area contributed by atoms with Crippen molar-refractivity contribution in [2.45, 2.75) is 133 Å². The third-order valence-corrected chi connectivity index (χ3v) is 13.7. The number of fused-ring (bicyclic) bond motifs is 1. The molecule has 8 rings (SSSR count). The molecule has 3 heterocycles. The van der Waals surface area contributed by atoms with Gasteiger partial charge in [0.15, 0.2) is 0 Å². The van der Waals surface area contributed by atoms with Crippen LogP contribution < -0.4 is 0 Å². The Hall–Kier alpha value is -5.47. The summed E-state index contributed by atoms with van der Waals surface area (Å²) >= 11 is 0. The molecule has 5 aromatic carbocycles. The van der Waals surface area contributed by atoms with Crippen LogP contribution in [0.3, 0.4) is 0 Å². The molecule has 0 amide bonds. The zero-order valence-corrected chi connectivity index (χ0v) is 41.3. The summed E-state index contributed by atoms with van der Waals surface area (Å²) < 4.78 is 66.3. The lowest BCUT2D eigenvalue weighted by molar-refractivity contribution is -0.285. The molecule has 0 radical (unpaired) electrons. The zero-order valence-electron chi connectivity index (χ0n) is 41.3. The van der Waals surface area contributed by atoms with E-state index in [1.54, 1.807) is 0 Å². The van der Waals surface area contributed by atoms with Gasteiger partial charge in [0.1, 0.15) is 30.0 Å². The first-order chi connectivity index (χ1) is 34.8. The average Bonchev–Trinajstić information content (AvgIpc) is 3.40. The van der Waals surface area contributed by atoms with E-state index in [0.717, 1.165) is 34.2 Å². The second-order valence-corrected chi connectivity index (χ2v) is 18.9. The molecule has 11 nitrogen and oxygen atoms in total. The van der Waals surface area contributed by atoms with Gasteiger partial charge in [-0.1, -0.05) is 171 Å². The van der Waals surface area contributed by atoms with Crippen molar-refractivity contribution in [3.05, 3.63) is 204 Å². The molecule has 0 aliphatic carbocycles. The summed E-state index contributed by atoms with van der Waals surface area (Å²) in [5.74, 6) is -0.476. The van der Waals surface area contributed by atoms with E-state index in [4.69, 9.17) is 47.4 Å². The van der Waals surface area contributed by atoms with Gasteiger partial charge in [-0.2, -0.15) is 0 Å². The summed E-state index contributed by atoms with van der Waals surface area (Å²) in [5, 5.41) is 0. The fraction of sp³-hybridized carbons (Fsp3) is 0.417. The van der Waals surface area contributed by atoms with Crippen LogP contribution in [0.2, 0.25) is 0 Å². The van der Waals surface area contributed by atoms with Crippen LogP contribution in [-0.2, 0) is 85.2 Å². The molecule has 376 valence electrons. The van der Waals surface area contributed by atoms with E-state index in [-0.39, 0.29) is 43.0 Å². The van der Waals surface area contributed by atoms with Crippen LogP contribution in [0, 0.1) is 5.92 Å². The summed E-state index contributed by atoms with van der Waals surface area (Å²) in [6.45, 7) is 6.92. The van der Waals surface area contributed by atoms with Crippen LogP contribution >= 0.6 is 0 Å². The molecule has 5 aromatic rings. The SMILES string of the molecule is COC(=O)/C=C/O[C@@H]1C[C@H](OCc2ccccc2)[C@@H](COCc2ccccc2)O[C@@]1(C)[C@@H](C[C@H]1O[C@H]2/C=C\C[C@@H](OCc3ccccc3)[C@H](COCc3ccccc3)O[C@@H]2C[C@@H]1C)OCc1ccccc1. The largest absolute Gasteiger partial charge is 0.495 e. The number of hydrogen-bond donors (Lipinski definition) is 0. The van der Waals surface area contributed by atoms with E-state index in [1.165, 1.54) is 19.4 Å². The minimum Gasteiger partial charge on any atom is -0.495 e. The predicted molar refractivity (Wildman–Crippen MR) is 271 cm³/mol. The maximum absolute atomic E-state index is 12.4. The van der Waals surface area contributed by atoms with Crippen molar-refractivity contribution < 1.29 is 52.2 Å². The predicted octanol–water partition coefficient (Wildman–Crippen LogP) is 10.7. The molecule has 0 saturated carbocycles. The normalized spacial score (nSPS) is 27.5. The quantitative estimate of drug-likeness (QED) is 0.0270. The molecule has 0 spiro atoms. The molecule has 0 N–H and O–H groups in total. The summed E-state index contributed by atoms with van der Waals surface area (Å²) in [5.41, 5.74) is 4.22. The van der Waals surface area contributed by atoms with Crippen LogP contribution in [0.5, 0.6) is 0 Å². The molecule has 3 aliphatic rings. The van der Waals surface area contributed by atoms with Gasteiger partial charge in [-0.3, -0.25) is 0 Å². The Morgan fingerprint density at radius 2 is 1.14 bits per heavy atom. The van der Waals surface area contributed by atoms with Gasteiger partial charge in [-0.05, 0) is 53.5 Å². The van der Waals surface area contributed by atoms with Gasteiger partial charge in [0.25, 0.3) is 0 Å². The molecule has 0 unspecified atom stereocenters. The molecule has 2 saturated heterocycles. The van der Waals surface area contributed by atoms with Crippen molar-refractivity contribution in [1.29, 1.82) is 0 Å². The standard InChI is InChI=1S/C60H70O11/c1-44-34-54-51(31-19-30-50(66-39-47-24-13-6-14-25-47)55(70-54)42-63-37-45-20-9-4-10-21-45)69-52(44)35-58(68-41-49-28-17-8-18-29-49)60(2)57(65-33-32-59(61)62-3)36-53(67-40-48-26-15-7-16-27-48)56(71-60)43-64-38-46-22-11-5-12-23-46/h4-29,31-33,44,50-58H,30,34-43H2,1-3H3/b31-19-,33-32+/t44-,50+,51-,52+,53-,54+,55-,56+,57+,58+,60+/m0/s1. The third kappa shape index (κ3) is 15.3. The third-order valence-electron chi connectivity index (χ3n) is 13.7. The van der Waals surface area contributed by atoms with Gasteiger partial charge < -0.3 is 47.4 Å². The fourth-order valence-corrected chi connectivity index (χ4v) is 9.66. The summed E-state index contributed by atoms with van der Waals surface area (Å²) in [4.78, 5) is 12.4. The number of carbonyl (C=O) groups excluding carboxylic acids is 1. The highest BCUT2D eigenvalue weighted by Crippen LogP contribution is 2.42. The molecule has 3 aliphatic heterocycles. The molecule has 0 aromatic heterocycles. The van der Waals surface area contributed by atoms with Crippen LogP contribution in [0.15, 0.2) is 176 Å².